The van der Waals surface area contributed by atoms with E-state index in [1.54, 1.807) is 12.1 Å². The lowest BCUT2D eigenvalue weighted by Gasteiger charge is -2.21. The number of halogens is 1. The van der Waals surface area contributed by atoms with Gasteiger partial charge in [0.1, 0.15) is 5.82 Å². The molecule has 0 bridgehead atoms. The van der Waals surface area contributed by atoms with E-state index in [-0.39, 0.29) is 23.9 Å². The zero-order valence-corrected chi connectivity index (χ0v) is 11.5. The van der Waals surface area contributed by atoms with Crippen molar-refractivity contribution in [3.8, 4) is 0 Å². The van der Waals surface area contributed by atoms with Crippen molar-refractivity contribution in [3.63, 3.8) is 0 Å². The van der Waals surface area contributed by atoms with E-state index in [4.69, 9.17) is 5.73 Å². The van der Waals surface area contributed by atoms with Crippen LogP contribution in [0.1, 0.15) is 48.2 Å². The Morgan fingerprint density at radius 3 is 2.65 bits per heavy atom. The summed E-state index contributed by atoms with van der Waals surface area (Å²) in [6.45, 7) is 2.06. The van der Waals surface area contributed by atoms with Crippen molar-refractivity contribution in [2.75, 3.05) is 0 Å². The smallest absolute Gasteiger partial charge is 0.123 e. The maximum atomic E-state index is 13.3. The number of hydrogen-bond acceptors (Lipinski definition) is 2. The van der Waals surface area contributed by atoms with Crippen molar-refractivity contribution in [1.29, 1.82) is 0 Å². The number of rotatable bonds is 3. The van der Waals surface area contributed by atoms with Crippen molar-refractivity contribution in [1.82, 2.24) is 5.32 Å². The molecule has 3 atom stereocenters. The normalized spacial score (nSPS) is 22.6. The molecule has 1 aliphatic carbocycles. The zero-order valence-electron chi connectivity index (χ0n) is 11.5. The van der Waals surface area contributed by atoms with Crippen LogP contribution < -0.4 is 11.1 Å². The molecular formula is C17H19FN2. The highest BCUT2D eigenvalue weighted by atomic mass is 19.1. The molecule has 0 aromatic heterocycles. The van der Waals surface area contributed by atoms with Crippen LogP contribution in [-0.4, -0.2) is 0 Å². The van der Waals surface area contributed by atoms with Crippen LogP contribution in [0.4, 0.5) is 4.39 Å². The molecule has 3 heteroatoms. The molecule has 3 N–H and O–H groups in total. The highest BCUT2D eigenvalue weighted by Gasteiger charge is 2.29. The Hall–Kier alpha value is -1.71. The fourth-order valence-electron chi connectivity index (χ4n) is 3.01. The third-order valence-electron chi connectivity index (χ3n) is 4.06. The number of nitrogens with two attached hydrogens (primary N) is 1. The first-order chi connectivity index (χ1) is 9.65. The van der Waals surface area contributed by atoms with Crippen molar-refractivity contribution in [3.05, 3.63) is 71.0 Å². The summed E-state index contributed by atoms with van der Waals surface area (Å²) in [5.74, 6) is -0.195. The number of nitrogens with one attached hydrogen (secondary N) is 1. The molecule has 0 radical (unpaired) electrons. The van der Waals surface area contributed by atoms with E-state index in [0.717, 1.165) is 12.0 Å². The minimum Gasteiger partial charge on any atom is -0.324 e. The van der Waals surface area contributed by atoms with Crippen LogP contribution in [0.2, 0.25) is 0 Å². The Kier molecular flexibility index (Phi) is 3.55. The van der Waals surface area contributed by atoms with Crippen LogP contribution >= 0.6 is 0 Å². The standard InChI is InChI=1S/C17H19FN2/c1-11(12-5-4-6-13(18)9-12)20-17-10-16(19)14-7-2-3-8-15(14)17/h2-9,11,16-17,20H,10,19H2,1H3/t11-,16?,17?/m0/s1. The maximum Gasteiger partial charge on any atom is 0.123 e. The molecule has 0 aliphatic heterocycles. The van der Waals surface area contributed by atoms with Crippen LogP contribution in [0.15, 0.2) is 48.5 Å². The summed E-state index contributed by atoms with van der Waals surface area (Å²) in [6.07, 6.45) is 0.888. The van der Waals surface area contributed by atoms with E-state index in [9.17, 15) is 4.39 Å². The number of fused-ring (bicyclic) bond motifs is 1. The molecule has 104 valence electrons. The van der Waals surface area contributed by atoms with Gasteiger partial charge in [-0.05, 0) is 42.2 Å². The van der Waals surface area contributed by atoms with E-state index in [1.165, 1.54) is 17.2 Å². The molecule has 0 spiro atoms. The molecule has 3 rings (SSSR count). The van der Waals surface area contributed by atoms with Gasteiger partial charge in [0, 0.05) is 18.1 Å². The second kappa shape index (κ2) is 5.35. The topological polar surface area (TPSA) is 38.0 Å². The van der Waals surface area contributed by atoms with Gasteiger partial charge in [0.2, 0.25) is 0 Å². The third-order valence-corrected chi connectivity index (χ3v) is 4.06. The summed E-state index contributed by atoms with van der Waals surface area (Å²) in [5.41, 5.74) is 9.62. The highest BCUT2D eigenvalue weighted by molar-refractivity contribution is 5.37. The Balaban J connectivity index is 1.79. The van der Waals surface area contributed by atoms with Gasteiger partial charge in [0.25, 0.3) is 0 Å². The van der Waals surface area contributed by atoms with E-state index in [1.807, 2.05) is 18.2 Å². The summed E-state index contributed by atoms with van der Waals surface area (Å²) in [7, 11) is 0. The monoisotopic (exact) mass is 270 g/mol. The van der Waals surface area contributed by atoms with E-state index < -0.39 is 0 Å². The lowest BCUT2D eigenvalue weighted by Crippen LogP contribution is -2.23. The van der Waals surface area contributed by atoms with E-state index >= 15 is 0 Å². The molecule has 2 unspecified atom stereocenters. The molecule has 2 aromatic rings. The van der Waals surface area contributed by atoms with Crippen LogP contribution in [-0.2, 0) is 0 Å². The molecule has 2 nitrogen and oxygen atoms in total. The second-order valence-electron chi connectivity index (χ2n) is 5.47. The molecule has 1 aliphatic rings. The Labute approximate surface area is 118 Å². The van der Waals surface area contributed by atoms with Crippen LogP contribution in [0.3, 0.4) is 0 Å². The predicted octanol–water partition coefficient (Wildman–Crippen LogP) is 3.62. The fraction of sp³-hybridized carbons (Fsp3) is 0.294. The molecule has 0 heterocycles. The minimum atomic E-state index is -0.195. The average Bonchev–Trinajstić information content (AvgIpc) is 2.76. The first kappa shape index (κ1) is 13.3. The lowest BCUT2D eigenvalue weighted by atomic mass is 10.0. The van der Waals surface area contributed by atoms with Gasteiger partial charge in [-0.2, -0.15) is 0 Å². The van der Waals surface area contributed by atoms with Crippen LogP contribution in [0, 0.1) is 5.82 Å². The largest absolute Gasteiger partial charge is 0.324 e. The van der Waals surface area contributed by atoms with Crippen molar-refractivity contribution >= 4 is 0 Å². The van der Waals surface area contributed by atoms with Gasteiger partial charge in [-0.15, -0.1) is 0 Å². The summed E-state index contributed by atoms with van der Waals surface area (Å²) in [5, 5.41) is 3.56. The number of benzene rings is 2. The summed E-state index contributed by atoms with van der Waals surface area (Å²) in [6, 6.07) is 15.4. The van der Waals surface area contributed by atoms with Crippen molar-refractivity contribution in [2.45, 2.75) is 31.5 Å². The summed E-state index contributed by atoms with van der Waals surface area (Å²) < 4.78 is 13.3. The Morgan fingerprint density at radius 1 is 1.15 bits per heavy atom. The van der Waals surface area contributed by atoms with Crippen LogP contribution in [0.5, 0.6) is 0 Å². The molecule has 0 saturated carbocycles. The van der Waals surface area contributed by atoms with Crippen molar-refractivity contribution < 1.29 is 4.39 Å². The molecule has 20 heavy (non-hydrogen) atoms. The third kappa shape index (κ3) is 2.47. The van der Waals surface area contributed by atoms with Gasteiger partial charge in [-0.3, -0.25) is 0 Å². The van der Waals surface area contributed by atoms with Gasteiger partial charge >= 0.3 is 0 Å². The first-order valence-corrected chi connectivity index (χ1v) is 7.01. The fourth-order valence-corrected chi connectivity index (χ4v) is 3.01. The second-order valence-corrected chi connectivity index (χ2v) is 5.47. The van der Waals surface area contributed by atoms with Gasteiger partial charge in [0.05, 0.1) is 0 Å². The lowest BCUT2D eigenvalue weighted by molar-refractivity contribution is 0.444. The molecular weight excluding hydrogens is 251 g/mol. The number of hydrogen-bond donors (Lipinski definition) is 2. The summed E-state index contributed by atoms with van der Waals surface area (Å²) in [4.78, 5) is 0. The zero-order chi connectivity index (χ0) is 14.1. The minimum absolute atomic E-state index is 0.0865. The quantitative estimate of drug-likeness (QED) is 0.894. The predicted molar refractivity (Wildman–Crippen MR) is 78.7 cm³/mol. The Morgan fingerprint density at radius 2 is 1.90 bits per heavy atom. The summed E-state index contributed by atoms with van der Waals surface area (Å²) >= 11 is 0. The van der Waals surface area contributed by atoms with Crippen LogP contribution in [0.25, 0.3) is 0 Å². The van der Waals surface area contributed by atoms with Crippen molar-refractivity contribution in [2.24, 2.45) is 5.73 Å². The van der Waals surface area contributed by atoms with Gasteiger partial charge in [-0.1, -0.05) is 36.4 Å². The molecule has 2 aromatic carbocycles. The van der Waals surface area contributed by atoms with E-state index in [2.05, 4.69) is 24.4 Å². The van der Waals surface area contributed by atoms with Gasteiger partial charge in [0.15, 0.2) is 0 Å². The van der Waals surface area contributed by atoms with Gasteiger partial charge in [-0.25, -0.2) is 4.39 Å². The SMILES string of the molecule is C[C@H](NC1CC(N)c2ccccc21)c1cccc(F)c1. The molecule has 0 amide bonds. The molecule has 0 saturated heterocycles. The first-order valence-electron chi connectivity index (χ1n) is 7.01. The highest BCUT2D eigenvalue weighted by Crippen LogP contribution is 2.38. The maximum absolute atomic E-state index is 13.3. The average molecular weight is 270 g/mol. The van der Waals surface area contributed by atoms with Gasteiger partial charge < -0.3 is 11.1 Å². The molecule has 0 fully saturated rings. The van der Waals surface area contributed by atoms with E-state index in [0.29, 0.717) is 0 Å². The Bertz CT molecular complexity index is 611.